The topological polar surface area (TPSA) is 54.2 Å². The molecule has 0 saturated carbocycles. The van der Waals surface area contributed by atoms with Crippen molar-refractivity contribution in [3.8, 4) is 11.5 Å². The molecular formula is C14H17ClN4O. The molecule has 5 nitrogen and oxygen atoms in total. The fraction of sp³-hybridized carbons (Fsp3) is 0.429. The lowest BCUT2D eigenvalue weighted by molar-refractivity contribution is 0.190. The van der Waals surface area contributed by atoms with Crippen LogP contribution in [0.1, 0.15) is 17.4 Å². The predicted molar refractivity (Wildman–Crippen MR) is 77.7 cm³/mol. The Kier molecular flexibility index (Phi) is 3.74. The molecule has 0 spiro atoms. The largest absolute Gasteiger partial charge is 0.334 e. The Morgan fingerprint density at radius 3 is 3.05 bits per heavy atom. The zero-order valence-electron chi connectivity index (χ0n) is 11.6. The van der Waals surface area contributed by atoms with E-state index in [4.69, 9.17) is 16.1 Å². The van der Waals surface area contributed by atoms with Gasteiger partial charge in [0.05, 0.1) is 6.04 Å². The van der Waals surface area contributed by atoms with E-state index >= 15 is 0 Å². The van der Waals surface area contributed by atoms with Gasteiger partial charge in [-0.05, 0) is 37.7 Å². The average Bonchev–Trinajstić information content (AvgIpc) is 2.92. The highest BCUT2D eigenvalue weighted by Gasteiger charge is 2.25. The summed E-state index contributed by atoms with van der Waals surface area (Å²) in [6.45, 7) is 4.78. The van der Waals surface area contributed by atoms with Crippen LogP contribution in [-0.4, -0.2) is 41.7 Å². The summed E-state index contributed by atoms with van der Waals surface area (Å²) in [5.41, 5.74) is 1.90. The minimum absolute atomic E-state index is 0.162. The van der Waals surface area contributed by atoms with Crippen LogP contribution in [0.15, 0.2) is 22.7 Å². The number of aromatic nitrogens is 2. The van der Waals surface area contributed by atoms with Crippen molar-refractivity contribution < 1.29 is 4.52 Å². The number of rotatable bonds is 2. The highest BCUT2D eigenvalue weighted by Crippen LogP contribution is 2.25. The molecule has 0 radical (unpaired) electrons. The Morgan fingerprint density at radius 1 is 1.45 bits per heavy atom. The zero-order valence-corrected chi connectivity index (χ0v) is 12.3. The summed E-state index contributed by atoms with van der Waals surface area (Å²) in [5.74, 6) is 1.26. The average molecular weight is 293 g/mol. The summed E-state index contributed by atoms with van der Waals surface area (Å²) in [5, 5.41) is 8.21. The van der Waals surface area contributed by atoms with Gasteiger partial charge in [0, 0.05) is 30.2 Å². The third kappa shape index (κ3) is 2.57. The fourth-order valence-electron chi connectivity index (χ4n) is 2.36. The number of nitrogens with zero attached hydrogens (tertiary/aromatic N) is 3. The van der Waals surface area contributed by atoms with E-state index in [0.29, 0.717) is 5.89 Å². The van der Waals surface area contributed by atoms with Crippen LogP contribution in [0.25, 0.3) is 11.5 Å². The van der Waals surface area contributed by atoms with Crippen LogP contribution in [0, 0.1) is 6.92 Å². The molecule has 3 rings (SSSR count). The summed E-state index contributed by atoms with van der Waals surface area (Å²) < 4.78 is 5.39. The number of hydrogen-bond donors (Lipinski definition) is 1. The monoisotopic (exact) mass is 292 g/mol. The molecule has 1 aromatic carbocycles. The number of likely N-dealkylation sites (N-methyl/N-ethyl adjacent to an activating group) is 1. The van der Waals surface area contributed by atoms with Crippen LogP contribution in [-0.2, 0) is 0 Å². The molecule has 2 aromatic rings. The molecule has 1 aliphatic rings. The van der Waals surface area contributed by atoms with E-state index in [2.05, 4.69) is 27.4 Å². The lowest BCUT2D eigenvalue weighted by Crippen LogP contribution is -2.44. The standard InChI is InChI=1S/C14H17ClN4O/c1-9-7-10(3-4-11(9)15)14-17-13(18-20-14)12-8-16-5-6-19(12)2/h3-4,7,12,16H,5-6,8H2,1-2H3. The van der Waals surface area contributed by atoms with Crippen molar-refractivity contribution in [2.45, 2.75) is 13.0 Å². The van der Waals surface area contributed by atoms with Gasteiger partial charge in [0.1, 0.15) is 0 Å². The van der Waals surface area contributed by atoms with Gasteiger partial charge in [-0.1, -0.05) is 16.8 Å². The highest BCUT2D eigenvalue weighted by atomic mass is 35.5. The van der Waals surface area contributed by atoms with Crippen molar-refractivity contribution in [2.75, 3.05) is 26.7 Å². The van der Waals surface area contributed by atoms with E-state index in [1.807, 2.05) is 25.1 Å². The summed E-state index contributed by atoms with van der Waals surface area (Å²) in [4.78, 5) is 6.76. The molecule has 1 saturated heterocycles. The van der Waals surface area contributed by atoms with Gasteiger partial charge in [0.25, 0.3) is 5.89 Å². The number of benzene rings is 1. The van der Waals surface area contributed by atoms with Crippen LogP contribution in [0.2, 0.25) is 5.02 Å². The lowest BCUT2D eigenvalue weighted by Gasteiger charge is -2.30. The molecule has 6 heteroatoms. The Balaban J connectivity index is 1.87. The SMILES string of the molecule is Cc1cc(-c2nc(C3CNCCN3C)no2)ccc1Cl. The van der Waals surface area contributed by atoms with Crippen LogP contribution in [0.3, 0.4) is 0 Å². The smallest absolute Gasteiger partial charge is 0.257 e. The quantitative estimate of drug-likeness (QED) is 0.920. The molecule has 1 fully saturated rings. The third-order valence-electron chi connectivity index (χ3n) is 3.66. The molecule has 1 unspecified atom stereocenters. The predicted octanol–water partition coefficient (Wildman–Crippen LogP) is 2.27. The maximum Gasteiger partial charge on any atom is 0.257 e. The van der Waals surface area contributed by atoms with Crippen LogP contribution in [0.4, 0.5) is 0 Å². The molecule has 20 heavy (non-hydrogen) atoms. The molecule has 106 valence electrons. The molecule has 1 aliphatic heterocycles. The highest BCUT2D eigenvalue weighted by molar-refractivity contribution is 6.31. The second-order valence-corrected chi connectivity index (χ2v) is 5.53. The van der Waals surface area contributed by atoms with Gasteiger partial charge < -0.3 is 9.84 Å². The van der Waals surface area contributed by atoms with Gasteiger partial charge in [0.15, 0.2) is 5.82 Å². The van der Waals surface area contributed by atoms with Crippen LogP contribution < -0.4 is 5.32 Å². The first-order valence-corrected chi connectivity index (χ1v) is 7.04. The minimum atomic E-state index is 0.162. The fourth-order valence-corrected chi connectivity index (χ4v) is 2.48. The Labute approximate surface area is 122 Å². The van der Waals surface area contributed by atoms with E-state index in [0.717, 1.165) is 41.6 Å². The second-order valence-electron chi connectivity index (χ2n) is 5.12. The molecule has 1 aromatic heterocycles. The molecule has 0 bridgehead atoms. The van der Waals surface area contributed by atoms with Gasteiger partial charge >= 0.3 is 0 Å². The minimum Gasteiger partial charge on any atom is -0.334 e. The summed E-state index contributed by atoms with van der Waals surface area (Å²) >= 11 is 6.03. The molecule has 0 aliphatic carbocycles. The second kappa shape index (κ2) is 5.52. The molecular weight excluding hydrogens is 276 g/mol. The van der Waals surface area contributed by atoms with E-state index in [1.54, 1.807) is 0 Å². The van der Waals surface area contributed by atoms with Crippen molar-refractivity contribution in [1.29, 1.82) is 0 Å². The van der Waals surface area contributed by atoms with Gasteiger partial charge in [-0.15, -0.1) is 0 Å². The molecule has 1 N–H and O–H groups in total. The number of nitrogens with one attached hydrogen (secondary N) is 1. The molecule has 2 heterocycles. The third-order valence-corrected chi connectivity index (χ3v) is 4.08. The lowest BCUT2D eigenvalue weighted by atomic mass is 10.1. The first kappa shape index (κ1) is 13.5. The summed E-state index contributed by atoms with van der Waals surface area (Å²) in [6, 6.07) is 5.87. The van der Waals surface area contributed by atoms with Crippen LogP contribution >= 0.6 is 11.6 Å². The van der Waals surface area contributed by atoms with Crippen molar-refractivity contribution >= 4 is 11.6 Å². The number of hydrogen-bond acceptors (Lipinski definition) is 5. The molecule has 1 atom stereocenters. The maximum atomic E-state index is 6.03. The summed E-state index contributed by atoms with van der Waals surface area (Å²) in [7, 11) is 2.08. The zero-order chi connectivity index (χ0) is 14.1. The van der Waals surface area contributed by atoms with E-state index in [1.165, 1.54) is 0 Å². The van der Waals surface area contributed by atoms with Gasteiger partial charge in [-0.25, -0.2) is 0 Å². The Hall–Kier alpha value is -1.43. The summed E-state index contributed by atoms with van der Waals surface area (Å²) in [6.07, 6.45) is 0. The first-order valence-electron chi connectivity index (χ1n) is 6.66. The normalized spacial score (nSPS) is 20.2. The Morgan fingerprint density at radius 2 is 2.30 bits per heavy atom. The number of piperazine rings is 1. The van der Waals surface area contributed by atoms with Crippen molar-refractivity contribution in [3.05, 3.63) is 34.6 Å². The van der Waals surface area contributed by atoms with Gasteiger partial charge in [-0.2, -0.15) is 4.98 Å². The number of aryl methyl sites for hydroxylation is 1. The van der Waals surface area contributed by atoms with Crippen LogP contribution in [0.5, 0.6) is 0 Å². The van der Waals surface area contributed by atoms with Gasteiger partial charge in [-0.3, -0.25) is 4.90 Å². The van der Waals surface area contributed by atoms with Crippen molar-refractivity contribution in [2.24, 2.45) is 0 Å². The maximum absolute atomic E-state index is 6.03. The first-order chi connectivity index (χ1) is 9.65. The van der Waals surface area contributed by atoms with E-state index in [9.17, 15) is 0 Å². The van der Waals surface area contributed by atoms with Crippen molar-refractivity contribution in [3.63, 3.8) is 0 Å². The van der Waals surface area contributed by atoms with E-state index in [-0.39, 0.29) is 6.04 Å². The molecule has 0 amide bonds. The van der Waals surface area contributed by atoms with Crippen molar-refractivity contribution in [1.82, 2.24) is 20.4 Å². The van der Waals surface area contributed by atoms with Gasteiger partial charge in [0.2, 0.25) is 0 Å². The Bertz CT molecular complexity index is 613. The number of halogens is 1. The van der Waals surface area contributed by atoms with E-state index < -0.39 is 0 Å².